The molecule has 1 aliphatic rings. The predicted octanol–water partition coefficient (Wildman–Crippen LogP) is 2.25. The third kappa shape index (κ3) is 3.74. The van der Waals surface area contributed by atoms with Gasteiger partial charge in [0.05, 0.1) is 0 Å². The number of carbonyl (C=O) groups excluding carboxylic acids is 1. The molecule has 0 saturated heterocycles. The fourth-order valence-corrected chi connectivity index (χ4v) is 2.53. The van der Waals surface area contributed by atoms with Crippen LogP contribution in [0.5, 0.6) is 0 Å². The SMILES string of the molecule is CC(C)CCNC(=O)N1Cc2ccccc2CC1C(=O)O. The highest BCUT2D eigenvalue weighted by molar-refractivity contribution is 5.83. The Kier molecular flexibility index (Phi) is 4.83. The zero-order valence-corrected chi connectivity index (χ0v) is 12.5. The second-order valence-corrected chi connectivity index (χ2v) is 5.87. The number of urea groups is 1. The van der Waals surface area contributed by atoms with Gasteiger partial charge in [-0.2, -0.15) is 0 Å². The van der Waals surface area contributed by atoms with E-state index in [0.29, 0.717) is 25.4 Å². The number of rotatable bonds is 4. The molecule has 5 heteroatoms. The zero-order chi connectivity index (χ0) is 15.4. The summed E-state index contributed by atoms with van der Waals surface area (Å²) in [4.78, 5) is 25.1. The number of benzene rings is 1. The molecule has 5 nitrogen and oxygen atoms in total. The smallest absolute Gasteiger partial charge is 0.326 e. The Hall–Kier alpha value is -2.04. The normalized spacial score (nSPS) is 17.5. The van der Waals surface area contributed by atoms with Crippen LogP contribution in [0, 0.1) is 5.92 Å². The number of carboxylic acid groups (broad SMARTS) is 1. The third-order valence-electron chi connectivity index (χ3n) is 3.79. The molecule has 1 heterocycles. The first-order valence-corrected chi connectivity index (χ1v) is 7.33. The number of carboxylic acids is 1. The first-order valence-electron chi connectivity index (χ1n) is 7.33. The second-order valence-electron chi connectivity index (χ2n) is 5.87. The van der Waals surface area contributed by atoms with E-state index < -0.39 is 12.0 Å². The molecule has 0 saturated carbocycles. The van der Waals surface area contributed by atoms with Crippen LogP contribution in [-0.4, -0.2) is 34.6 Å². The van der Waals surface area contributed by atoms with Gasteiger partial charge in [0.1, 0.15) is 6.04 Å². The molecule has 0 radical (unpaired) electrons. The lowest BCUT2D eigenvalue weighted by molar-refractivity contribution is -0.142. The van der Waals surface area contributed by atoms with Gasteiger partial charge in [0, 0.05) is 19.5 Å². The van der Waals surface area contributed by atoms with Crippen molar-refractivity contribution in [3.05, 3.63) is 35.4 Å². The fraction of sp³-hybridized carbons (Fsp3) is 0.500. The van der Waals surface area contributed by atoms with Gasteiger partial charge in [-0.15, -0.1) is 0 Å². The largest absolute Gasteiger partial charge is 0.480 e. The maximum Gasteiger partial charge on any atom is 0.326 e. The van der Waals surface area contributed by atoms with Crippen molar-refractivity contribution in [1.82, 2.24) is 10.2 Å². The summed E-state index contributed by atoms with van der Waals surface area (Å²) in [5.41, 5.74) is 2.03. The second kappa shape index (κ2) is 6.61. The van der Waals surface area contributed by atoms with Gasteiger partial charge in [0.15, 0.2) is 0 Å². The van der Waals surface area contributed by atoms with Gasteiger partial charge >= 0.3 is 12.0 Å². The number of carbonyl (C=O) groups is 2. The molecule has 0 aliphatic carbocycles. The van der Waals surface area contributed by atoms with Gasteiger partial charge in [0.2, 0.25) is 0 Å². The Morgan fingerprint density at radius 1 is 1.33 bits per heavy atom. The Morgan fingerprint density at radius 3 is 2.62 bits per heavy atom. The molecule has 114 valence electrons. The minimum absolute atomic E-state index is 0.294. The molecule has 1 atom stereocenters. The molecule has 2 rings (SSSR count). The standard InChI is InChI=1S/C16H22N2O3/c1-11(2)7-8-17-16(21)18-10-13-6-4-3-5-12(13)9-14(18)15(19)20/h3-6,11,14H,7-10H2,1-2H3,(H,17,21)(H,19,20). The van der Waals surface area contributed by atoms with Crippen LogP contribution < -0.4 is 5.32 Å². The van der Waals surface area contributed by atoms with E-state index in [1.54, 1.807) is 0 Å². The van der Waals surface area contributed by atoms with E-state index in [4.69, 9.17) is 0 Å². The highest BCUT2D eigenvalue weighted by Gasteiger charge is 2.34. The van der Waals surface area contributed by atoms with Gasteiger partial charge in [-0.05, 0) is 23.5 Å². The number of nitrogens with zero attached hydrogens (tertiary/aromatic N) is 1. The van der Waals surface area contributed by atoms with Crippen LogP contribution in [0.4, 0.5) is 4.79 Å². The quantitative estimate of drug-likeness (QED) is 0.893. The molecule has 2 N–H and O–H groups in total. The molecule has 21 heavy (non-hydrogen) atoms. The number of hydrogen-bond acceptors (Lipinski definition) is 2. The minimum Gasteiger partial charge on any atom is -0.480 e. The van der Waals surface area contributed by atoms with Crippen molar-refractivity contribution < 1.29 is 14.7 Å². The van der Waals surface area contributed by atoms with Crippen molar-refractivity contribution in [1.29, 1.82) is 0 Å². The third-order valence-corrected chi connectivity index (χ3v) is 3.79. The Balaban J connectivity index is 2.09. The number of nitrogens with one attached hydrogen (secondary N) is 1. The summed E-state index contributed by atoms with van der Waals surface area (Å²) in [7, 11) is 0. The number of hydrogen-bond donors (Lipinski definition) is 2. The molecule has 0 spiro atoms. The predicted molar refractivity (Wildman–Crippen MR) is 80.0 cm³/mol. The number of amides is 2. The van der Waals surface area contributed by atoms with E-state index >= 15 is 0 Å². The number of fused-ring (bicyclic) bond motifs is 1. The van der Waals surface area contributed by atoms with Gasteiger partial charge in [-0.3, -0.25) is 0 Å². The van der Waals surface area contributed by atoms with Crippen LogP contribution in [0.15, 0.2) is 24.3 Å². The van der Waals surface area contributed by atoms with Crippen LogP contribution in [0.2, 0.25) is 0 Å². The monoisotopic (exact) mass is 290 g/mol. The molecule has 0 fully saturated rings. The summed E-state index contributed by atoms with van der Waals surface area (Å²) in [5.74, 6) is -0.453. The first kappa shape index (κ1) is 15.4. The fourth-order valence-electron chi connectivity index (χ4n) is 2.53. The molecule has 0 aromatic heterocycles. The Labute approximate surface area is 125 Å². The van der Waals surface area contributed by atoms with Gasteiger partial charge in [-0.25, -0.2) is 9.59 Å². The van der Waals surface area contributed by atoms with Crippen molar-refractivity contribution >= 4 is 12.0 Å². The maximum atomic E-state index is 12.3. The van der Waals surface area contributed by atoms with E-state index in [9.17, 15) is 14.7 Å². The minimum atomic E-state index is -0.955. The lowest BCUT2D eigenvalue weighted by atomic mass is 9.94. The lowest BCUT2D eigenvalue weighted by Crippen LogP contribution is -2.52. The molecule has 0 bridgehead atoms. The average Bonchev–Trinajstić information content (AvgIpc) is 2.45. The molecule has 1 aliphatic heterocycles. The molecular weight excluding hydrogens is 268 g/mol. The summed E-state index contributed by atoms with van der Waals surface area (Å²) in [6.07, 6.45) is 1.25. The molecule has 1 aromatic rings. The maximum absolute atomic E-state index is 12.3. The lowest BCUT2D eigenvalue weighted by Gasteiger charge is -2.34. The van der Waals surface area contributed by atoms with Crippen molar-refractivity contribution in [3.8, 4) is 0 Å². The zero-order valence-electron chi connectivity index (χ0n) is 12.5. The summed E-state index contributed by atoms with van der Waals surface area (Å²) in [6, 6.07) is 6.60. The Bertz CT molecular complexity index is 528. The van der Waals surface area contributed by atoms with E-state index in [1.165, 1.54) is 4.90 Å². The van der Waals surface area contributed by atoms with Crippen LogP contribution in [0.25, 0.3) is 0 Å². The van der Waals surface area contributed by atoms with Gasteiger partial charge in [0.25, 0.3) is 0 Å². The van der Waals surface area contributed by atoms with Crippen LogP contribution >= 0.6 is 0 Å². The molecular formula is C16H22N2O3. The Morgan fingerprint density at radius 2 is 2.00 bits per heavy atom. The average molecular weight is 290 g/mol. The van der Waals surface area contributed by atoms with Crippen LogP contribution in [-0.2, 0) is 17.8 Å². The van der Waals surface area contributed by atoms with Crippen molar-refractivity contribution in [2.24, 2.45) is 5.92 Å². The van der Waals surface area contributed by atoms with Gasteiger partial charge in [-0.1, -0.05) is 38.1 Å². The van der Waals surface area contributed by atoms with E-state index in [-0.39, 0.29) is 6.03 Å². The van der Waals surface area contributed by atoms with Crippen molar-refractivity contribution in [2.75, 3.05) is 6.54 Å². The van der Waals surface area contributed by atoms with E-state index in [2.05, 4.69) is 19.2 Å². The first-order chi connectivity index (χ1) is 9.99. The van der Waals surface area contributed by atoms with E-state index in [0.717, 1.165) is 17.5 Å². The molecule has 1 aromatic carbocycles. The summed E-state index contributed by atoms with van der Waals surface area (Å²) >= 11 is 0. The van der Waals surface area contributed by atoms with Crippen LogP contribution in [0.1, 0.15) is 31.4 Å². The number of aliphatic carboxylic acids is 1. The highest BCUT2D eigenvalue weighted by Crippen LogP contribution is 2.23. The summed E-state index contributed by atoms with van der Waals surface area (Å²) < 4.78 is 0. The summed E-state index contributed by atoms with van der Waals surface area (Å²) in [6.45, 7) is 5.09. The topological polar surface area (TPSA) is 69.6 Å². The van der Waals surface area contributed by atoms with Crippen LogP contribution in [0.3, 0.4) is 0 Å². The van der Waals surface area contributed by atoms with Crippen molar-refractivity contribution in [3.63, 3.8) is 0 Å². The van der Waals surface area contributed by atoms with Crippen molar-refractivity contribution in [2.45, 2.75) is 39.3 Å². The molecule has 1 unspecified atom stereocenters. The highest BCUT2D eigenvalue weighted by atomic mass is 16.4. The van der Waals surface area contributed by atoms with Gasteiger partial charge < -0.3 is 15.3 Å². The summed E-state index contributed by atoms with van der Waals surface area (Å²) in [5, 5.41) is 12.2. The van der Waals surface area contributed by atoms with E-state index in [1.807, 2.05) is 24.3 Å². The molecule has 2 amide bonds.